The lowest BCUT2D eigenvalue weighted by Crippen LogP contribution is -2.25. The first-order valence-electron chi connectivity index (χ1n) is 20.8. The van der Waals surface area contributed by atoms with E-state index in [2.05, 4.69) is 168 Å². The van der Waals surface area contributed by atoms with Gasteiger partial charge in [-0.3, -0.25) is 4.40 Å². The zero-order valence-corrected chi connectivity index (χ0v) is 33.9. The van der Waals surface area contributed by atoms with Gasteiger partial charge in [-0.05, 0) is 101 Å². The van der Waals surface area contributed by atoms with Crippen molar-refractivity contribution in [1.29, 1.82) is 0 Å². The first-order chi connectivity index (χ1) is 30.1. The first kappa shape index (κ1) is 34.3. The van der Waals surface area contributed by atoms with E-state index in [0.717, 1.165) is 81.6 Å². The Kier molecular flexibility index (Phi) is 7.29. The molecule has 1 unspecified atom stereocenters. The van der Waals surface area contributed by atoms with Crippen molar-refractivity contribution >= 4 is 115 Å². The van der Waals surface area contributed by atoms with Crippen molar-refractivity contribution in [3.63, 3.8) is 0 Å². The number of para-hydroxylation sites is 1. The Bertz CT molecular complexity index is 4040. The summed E-state index contributed by atoms with van der Waals surface area (Å²) >= 11 is 0. The number of fused-ring (bicyclic) bond motifs is 15. The highest BCUT2D eigenvalue weighted by molar-refractivity contribution is 7.85. The van der Waals surface area contributed by atoms with E-state index in [9.17, 15) is 0 Å². The summed E-state index contributed by atoms with van der Waals surface area (Å²) in [4.78, 5) is 5.44. The van der Waals surface area contributed by atoms with Crippen LogP contribution < -0.4 is 15.9 Å². The van der Waals surface area contributed by atoms with Crippen LogP contribution in [0.25, 0.3) is 103 Å². The third-order valence-electron chi connectivity index (χ3n) is 12.9. The van der Waals surface area contributed by atoms with Crippen LogP contribution in [0.4, 0.5) is 0 Å². The summed E-state index contributed by atoms with van der Waals surface area (Å²) in [7, 11) is -3.20. The van der Waals surface area contributed by atoms with Gasteiger partial charge in [-0.1, -0.05) is 176 Å². The molecule has 1 atom stereocenters. The summed E-state index contributed by atoms with van der Waals surface area (Å²) in [5.74, 6) is 0. The Hall–Kier alpha value is -7.58. The van der Waals surface area contributed by atoms with Crippen molar-refractivity contribution in [3.8, 4) is 11.1 Å². The Morgan fingerprint density at radius 2 is 0.967 bits per heavy atom. The number of imidazole rings is 1. The minimum atomic E-state index is -3.20. The molecule has 0 aliphatic heterocycles. The molecule has 0 saturated carbocycles. The largest absolute Gasteiger partial charge is 0.309 e. The topological polar surface area (TPSA) is 34.4 Å². The van der Waals surface area contributed by atoms with E-state index >= 15 is 4.57 Å². The third-order valence-corrected chi connectivity index (χ3v) is 16.0. The molecule has 61 heavy (non-hydrogen) atoms. The van der Waals surface area contributed by atoms with Gasteiger partial charge >= 0.3 is 0 Å². The molecule has 0 aliphatic rings. The lowest BCUT2D eigenvalue weighted by Gasteiger charge is -2.21. The predicted molar refractivity (Wildman–Crippen MR) is 260 cm³/mol. The highest BCUT2D eigenvalue weighted by Gasteiger charge is 2.30. The average Bonchev–Trinajstić information content (AvgIpc) is 3.73. The summed E-state index contributed by atoms with van der Waals surface area (Å²) in [5, 5.41) is 17.7. The number of nitrogens with zero attached hydrogens (tertiary/aromatic N) is 2. The van der Waals surface area contributed by atoms with Gasteiger partial charge in [0, 0.05) is 32.2 Å². The van der Waals surface area contributed by atoms with E-state index in [0.29, 0.717) is 0 Å². The van der Waals surface area contributed by atoms with Crippen molar-refractivity contribution in [2.45, 2.75) is 0 Å². The third kappa shape index (κ3) is 5.05. The number of aromatic nitrogens is 2. The molecule has 0 aliphatic carbocycles. The fraction of sp³-hybridized carbons (Fsp3) is 0. The van der Waals surface area contributed by atoms with Crippen LogP contribution in [-0.4, -0.2) is 9.38 Å². The molecular weight excluding hydrogens is 760 g/mol. The van der Waals surface area contributed by atoms with Gasteiger partial charge in [-0.2, -0.15) is 0 Å². The molecule has 13 aromatic rings. The zero-order valence-electron chi connectivity index (χ0n) is 33.0. The number of hydrogen-bond donors (Lipinski definition) is 0. The Morgan fingerprint density at radius 3 is 1.77 bits per heavy atom. The van der Waals surface area contributed by atoms with E-state index in [1.165, 1.54) is 37.7 Å². The maximum absolute atomic E-state index is 15.6. The molecule has 3 nitrogen and oxygen atoms in total. The number of benzene rings is 11. The molecule has 0 saturated heterocycles. The fourth-order valence-electron chi connectivity index (χ4n) is 10.0. The van der Waals surface area contributed by atoms with Crippen molar-refractivity contribution in [3.05, 3.63) is 212 Å². The van der Waals surface area contributed by atoms with E-state index in [1.807, 2.05) is 48.5 Å². The van der Waals surface area contributed by atoms with Crippen LogP contribution in [-0.2, 0) is 4.57 Å². The molecule has 4 heteroatoms. The van der Waals surface area contributed by atoms with Gasteiger partial charge in [-0.25, -0.2) is 4.98 Å². The van der Waals surface area contributed by atoms with Crippen LogP contribution in [0.3, 0.4) is 0 Å². The monoisotopic (exact) mass is 794 g/mol. The van der Waals surface area contributed by atoms with Gasteiger partial charge in [0.25, 0.3) is 0 Å². The molecule has 0 N–H and O–H groups in total. The molecular formula is C57H35N2OP. The van der Waals surface area contributed by atoms with Crippen LogP contribution in [0.5, 0.6) is 0 Å². The second-order valence-corrected chi connectivity index (χ2v) is 19.0. The summed E-state index contributed by atoms with van der Waals surface area (Å²) in [6, 6.07) is 75.1. The Morgan fingerprint density at radius 1 is 0.377 bits per heavy atom. The highest BCUT2D eigenvalue weighted by atomic mass is 31.2. The minimum absolute atomic E-state index is 0.831. The van der Waals surface area contributed by atoms with Gasteiger partial charge < -0.3 is 4.57 Å². The first-order valence-corrected chi connectivity index (χ1v) is 22.5. The van der Waals surface area contributed by atoms with Crippen LogP contribution >= 0.6 is 7.14 Å². The SMILES string of the molecule is O=P(c1ccccc1)(c1ccc2ccccc2c1)c1ccc2c(ccc3cc(-c4cccc5nc6c7c8ccccc8ccc7c7cc8ccccc8cc7n6c45)ccc32)c1. The predicted octanol–water partition coefficient (Wildman–Crippen LogP) is 13.9. The Labute approximate surface area is 351 Å². The van der Waals surface area contributed by atoms with Gasteiger partial charge in [0.15, 0.2) is 7.14 Å². The molecule has 2 aromatic heterocycles. The van der Waals surface area contributed by atoms with Gasteiger partial charge in [-0.15, -0.1) is 0 Å². The smallest absolute Gasteiger partial charge is 0.171 e. The molecule has 11 aromatic carbocycles. The normalized spacial score (nSPS) is 13.1. The number of hydrogen-bond acceptors (Lipinski definition) is 2. The fourth-order valence-corrected chi connectivity index (χ4v) is 12.7. The molecule has 0 spiro atoms. The average molecular weight is 795 g/mol. The Balaban J connectivity index is 1.01. The molecule has 0 bridgehead atoms. The maximum atomic E-state index is 15.6. The summed E-state index contributed by atoms with van der Waals surface area (Å²) < 4.78 is 18.0. The zero-order chi connectivity index (χ0) is 40.2. The number of pyridine rings is 1. The second kappa shape index (κ2) is 13.0. The quantitative estimate of drug-likeness (QED) is 0.101. The molecule has 0 amide bonds. The molecule has 0 radical (unpaired) electrons. The standard InChI is InChI=1S/C57H35N2OP/c60-61(44-16-2-1-3-17-44,45-26-23-36-11-4-5-13-38(36)32-45)46-27-30-48-43(33-46)22-21-41-31-42(25-28-47(41)48)50-19-10-20-53-56(50)59-54-35-40-15-7-6-14-39(40)34-52(54)51-29-24-37-12-8-9-18-49(37)55(51)57(59)58-53/h1-35H. The summed E-state index contributed by atoms with van der Waals surface area (Å²) in [5.41, 5.74) is 6.44. The molecule has 0 fully saturated rings. The van der Waals surface area contributed by atoms with Crippen LogP contribution in [0.15, 0.2) is 212 Å². The lowest BCUT2D eigenvalue weighted by molar-refractivity contribution is 0.592. The van der Waals surface area contributed by atoms with Crippen LogP contribution in [0, 0.1) is 0 Å². The van der Waals surface area contributed by atoms with E-state index < -0.39 is 7.14 Å². The number of rotatable bonds is 4. The van der Waals surface area contributed by atoms with Crippen molar-refractivity contribution in [2.24, 2.45) is 0 Å². The summed E-state index contributed by atoms with van der Waals surface area (Å²) in [6.07, 6.45) is 0. The van der Waals surface area contributed by atoms with Crippen molar-refractivity contribution < 1.29 is 4.57 Å². The minimum Gasteiger partial charge on any atom is -0.309 e. The van der Waals surface area contributed by atoms with Crippen LogP contribution in [0.2, 0.25) is 0 Å². The highest BCUT2D eigenvalue weighted by Crippen LogP contribution is 2.45. The van der Waals surface area contributed by atoms with E-state index in [1.54, 1.807) is 0 Å². The van der Waals surface area contributed by atoms with E-state index in [4.69, 9.17) is 4.98 Å². The van der Waals surface area contributed by atoms with Crippen molar-refractivity contribution in [1.82, 2.24) is 9.38 Å². The molecule has 2 heterocycles. The maximum Gasteiger partial charge on any atom is 0.171 e. The van der Waals surface area contributed by atoms with Gasteiger partial charge in [0.1, 0.15) is 5.65 Å². The van der Waals surface area contributed by atoms with Crippen molar-refractivity contribution in [2.75, 3.05) is 0 Å². The lowest BCUT2D eigenvalue weighted by atomic mass is 9.96. The summed E-state index contributed by atoms with van der Waals surface area (Å²) in [6.45, 7) is 0. The molecule has 13 rings (SSSR count). The van der Waals surface area contributed by atoms with E-state index in [-0.39, 0.29) is 0 Å². The molecule has 284 valence electrons. The second-order valence-electron chi connectivity index (χ2n) is 16.3. The van der Waals surface area contributed by atoms with Gasteiger partial charge in [0.05, 0.1) is 16.6 Å². The van der Waals surface area contributed by atoms with Crippen LogP contribution in [0.1, 0.15) is 0 Å². The van der Waals surface area contributed by atoms with Gasteiger partial charge in [0.2, 0.25) is 0 Å².